The number of carbonyl (C=O) groups excluding carboxylic acids is 1. The number of aromatic nitrogens is 4. The molecule has 3 heterocycles. The first-order valence-electron chi connectivity index (χ1n) is 6.56. The van der Waals surface area contributed by atoms with E-state index in [9.17, 15) is 4.79 Å². The second-order valence-electron chi connectivity index (χ2n) is 5.01. The Bertz CT molecular complexity index is 637. The lowest BCUT2D eigenvalue weighted by Gasteiger charge is -2.12. The molecule has 114 valence electrons. The van der Waals surface area contributed by atoms with Gasteiger partial charge in [0.25, 0.3) is 5.91 Å². The Labute approximate surface area is 132 Å². The number of nitrogens with zero attached hydrogens (tertiary/aromatic N) is 3. The first-order valence-corrected chi connectivity index (χ1v) is 7.38. The molecule has 0 unspecified atom stereocenters. The molecule has 3 N–H and O–H groups in total. The summed E-state index contributed by atoms with van der Waals surface area (Å²) in [6.45, 7) is 5.66. The molecular weight excluding hydrogens is 312 g/mol. The van der Waals surface area contributed by atoms with Crippen molar-refractivity contribution in [3.05, 3.63) is 22.0 Å². The molecule has 2 aromatic rings. The summed E-state index contributed by atoms with van der Waals surface area (Å²) in [6.07, 6.45) is 0.867. The Kier molecular flexibility index (Phi) is 4.92. The van der Waals surface area contributed by atoms with Crippen LogP contribution in [0.15, 0.2) is 0 Å². The molecule has 0 fully saturated rings. The number of fused-ring (bicyclic) bond motifs is 1. The summed E-state index contributed by atoms with van der Waals surface area (Å²) >= 11 is 1.40. The highest BCUT2D eigenvalue weighted by Crippen LogP contribution is 2.23. The van der Waals surface area contributed by atoms with Gasteiger partial charge in [0, 0.05) is 36.7 Å². The minimum Gasteiger partial charge on any atom is -0.312 e. The van der Waals surface area contributed by atoms with Gasteiger partial charge in [-0.25, -0.2) is 0 Å². The molecule has 0 saturated carbocycles. The van der Waals surface area contributed by atoms with Gasteiger partial charge in [-0.15, -0.1) is 22.6 Å². The van der Waals surface area contributed by atoms with Crippen LogP contribution in [-0.2, 0) is 13.0 Å². The van der Waals surface area contributed by atoms with Crippen molar-refractivity contribution in [3.63, 3.8) is 0 Å². The van der Waals surface area contributed by atoms with Gasteiger partial charge in [0.05, 0.1) is 0 Å². The molecule has 9 heteroatoms. The van der Waals surface area contributed by atoms with Gasteiger partial charge in [-0.3, -0.25) is 15.2 Å². The van der Waals surface area contributed by atoms with Gasteiger partial charge in [0.15, 0.2) is 5.69 Å². The van der Waals surface area contributed by atoms with Crippen LogP contribution in [0.3, 0.4) is 0 Å². The van der Waals surface area contributed by atoms with Crippen molar-refractivity contribution >= 4 is 34.8 Å². The van der Waals surface area contributed by atoms with E-state index in [-0.39, 0.29) is 18.3 Å². The average molecular weight is 329 g/mol. The molecule has 3 rings (SSSR count). The van der Waals surface area contributed by atoms with E-state index in [0.29, 0.717) is 23.3 Å². The third-order valence-corrected chi connectivity index (χ3v) is 4.32. The molecule has 0 saturated heterocycles. The Morgan fingerprint density at radius 2 is 2.19 bits per heavy atom. The number of H-pyrrole nitrogens is 1. The second kappa shape index (κ2) is 6.50. The van der Waals surface area contributed by atoms with Crippen molar-refractivity contribution in [2.45, 2.75) is 32.7 Å². The summed E-state index contributed by atoms with van der Waals surface area (Å²) in [5.74, 6) is 0.0677. The van der Waals surface area contributed by atoms with E-state index >= 15 is 0 Å². The van der Waals surface area contributed by atoms with E-state index in [1.807, 2.05) is 13.8 Å². The largest absolute Gasteiger partial charge is 0.312 e. The molecule has 21 heavy (non-hydrogen) atoms. The van der Waals surface area contributed by atoms with Crippen molar-refractivity contribution in [1.82, 2.24) is 25.7 Å². The average Bonchev–Trinajstić information content (AvgIpc) is 3.04. The first-order chi connectivity index (χ1) is 9.65. The van der Waals surface area contributed by atoms with Crippen LogP contribution in [0.2, 0.25) is 0 Å². The minimum absolute atomic E-state index is 0. The number of anilines is 1. The molecule has 2 aromatic heterocycles. The van der Waals surface area contributed by atoms with E-state index in [0.717, 1.165) is 29.2 Å². The molecule has 0 spiro atoms. The van der Waals surface area contributed by atoms with Crippen LogP contribution in [0, 0.1) is 0 Å². The molecule has 0 radical (unpaired) electrons. The standard InChI is InChI=1S/C12H16N6OS.ClH/c1-6(2)11-17-18-12(20-11)14-10(19)9-7-5-13-4-3-8(7)15-16-9;/h6,13H,3-5H2,1-2H3,(H,15,16)(H,14,18,19);1H. The fraction of sp³-hybridized carbons (Fsp3) is 0.500. The van der Waals surface area contributed by atoms with Crippen molar-refractivity contribution in [2.75, 3.05) is 11.9 Å². The molecule has 0 atom stereocenters. The SMILES string of the molecule is CC(C)c1nnc(NC(=O)c2n[nH]c3c2CNCC3)s1.Cl. The Balaban J connectivity index is 0.00000161. The highest BCUT2D eigenvalue weighted by molar-refractivity contribution is 7.15. The number of carbonyl (C=O) groups is 1. The van der Waals surface area contributed by atoms with Crippen molar-refractivity contribution in [2.24, 2.45) is 0 Å². The normalized spacial score (nSPS) is 13.7. The van der Waals surface area contributed by atoms with Crippen LogP contribution in [0.25, 0.3) is 0 Å². The fourth-order valence-corrected chi connectivity index (χ4v) is 2.83. The zero-order chi connectivity index (χ0) is 14.1. The zero-order valence-electron chi connectivity index (χ0n) is 11.8. The van der Waals surface area contributed by atoms with Crippen LogP contribution in [-0.4, -0.2) is 32.8 Å². The smallest absolute Gasteiger partial charge is 0.278 e. The van der Waals surface area contributed by atoms with Crippen molar-refractivity contribution in [3.8, 4) is 0 Å². The number of nitrogens with one attached hydrogen (secondary N) is 3. The molecule has 1 amide bonds. The lowest BCUT2D eigenvalue weighted by molar-refractivity contribution is 0.102. The number of hydrogen-bond acceptors (Lipinski definition) is 6. The van der Waals surface area contributed by atoms with E-state index in [2.05, 4.69) is 31.0 Å². The highest BCUT2D eigenvalue weighted by atomic mass is 35.5. The third kappa shape index (κ3) is 3.22. The van der Waals surface area contributed by atoms with Crippen LogP contribution in [0.5, 0.6) is 0 Å². The van der Waals surface area contributed by atoms with Gasteiger partial charge in [0.2, 0.25) is 5.13 Å². The maximum Gasteiger partial charge on any atom is 0.278 e. The number of aromatic amines is 1. The molecule has 0 bridgehead atoms. The summed E-state index contributed by atoms with van der Waals surface area (Å²) in [5, 5.41) is 22.5. The minimum atomic E-state index is -0.238. The van der Waals surface area contributed by atoms with Gasteiger partial charge in [-0.2, -0.15) is 5.10 Å². The molecule has 0 aliphatic carbocycles. The summed E-state index contributed by atoms with van der Waals surface area (Å²) < 4.78 is 0. The lowest BCUT2D eigenvalue weighted by Crippen LogP contribution is -2.25. The van der Waals surface area contributed by atoms with E-state index in [4.69, 9.17) is 0 Å². The highest BCUT2D eigenvalue weighted by Gasteiger charge is 2.22. The van der Waals surface area contributed by atoms with Crippen LogP contribution in [0.1, 0.15) is 46.5 Å². The Morgan fingerprint density at radius 1 is 1.38 bits per heavy atom. The number of hydrogen-bond donors (Lipinski definition) is 3. The maximum absolute atomic E-state index is 12.2. The zero-order valence-corrected chi connectivity index (χ0v) is 13.4. The lowest BCUT2D eigenvalue weighted by atomic mass is 10.1. The number of halogens is 1. The predicted molar refractivity (Wildman–Crippen MR) is 83.2 cm³/mol. The van der Waals surface area contributed by atoms with Crippen molar-refractivity contribution in [1.29, 1.82) is 0 Å². The fourth-order valence-electron chi connectivity index (χ4n) is 2.09. The molecule has 0 aromatic carbocycles. The monoisotopic (exact) mass is 328 g/mol. The first kappa shape index (κ1) is 15.9. The summed E-state index contributed by atoms with van der Waals surface area (Å²) in [6, 6.07) is 0. The topological polar surface area (TPSA) is 95.6 Å². The molecule has 7 nitrogen and oxygen atoms in total. The Hall–Kier alpha value is -1.51. The van der Waals surface area contributed by atoms with E-state index in [1.54, 1.807) is 0 Å². The van der Waals surface area contributed by atoms with Gasteiger partial charge < -0.3 is 5.32 Å². The number of rotatable bonds is 3. The van der Waals surface area contributed by atoms with Gasteiger partial charge in [-0.05, 0) is 0 Å². The molecular formula is C12H17ClN6OS. The Morgan fingerprint density at radius 3 is 2.90 bits per heavy atom. The quantitative estimate of drug-likeness (QED) is 0.797. The van der Waals surface area contributed by atoms with Gasteiger partial charge in [0.1, 0.15) is 5.01 Å². The number of amides is 1. The van der Waals surface area contributed by atoms with E-state index < -0.39 is 0 Å². The third-order valence-electron chi connectivity index (χ3n) is 3.18. The summed E-state index contributed by atoms with van der Waals surface area (Å²) in [7, 11) is 0. The molecule has 1 aliphatic rings. The molecule has 1 aliphatic heterocycles. The summed E-state index contributed by atoms with van der Waals surface area (Å²) in [5.41, 5.74) is 2.42. The van der Waals surface area contributed by atoms with Gasteiger partial charge >= 0.3 is 0 Å². The maximum atomic E-state index is 12.2. The van der Waals surface area contributed by atoms with Gasteiger partial charge in [-0.1, -0.05) is 25.2 Å². The van der Waals surface area contributed by atoms with Crippen LogP contribution in [0.4, 0.5) is 5.13 Å². The van der Waals surface area contributed by atoms with Crippen LogP contribution < -0.4 is 10.6 Å². The van der Waals surface area contributed by atoms with E-state index in [1.165, 1.54) is 11.3 Å². The predicted octanol–water partition coefficient (Wildman–Crippen LogP) is 1.70. The summed E-state index contributed by atoms with van der Waals surface area (Å²) in [4.78, 5) is 12.2. The van der Waals surface area contributed by atoms with Crippen molar-refractivity contribution < 1.29 is 4.79 Å². The second-order valence-corrected chi connectivity index (χ2v) is 6.02. The van der Waals surface area contributed by atoms with Crippen LogP contribution >= 0.6 is 23.7 Å².